The summed E-state index contributed by atoms with van der Waals surface area (Å²) in [5.74, 6) is 0.358. The molecule has 0 aliphatic carbocycles. The monoisotopic (exact) mass is 456 g/mol. The number of benzene rings is 3. The van der Waals surface area contributed by atoms with E-state index in [9.17, 15) is 13.2 Å². The van der Waals surface area contributed by atoms with Crippen LogP contribution in [0.25, 0.3) is 16.6 Å². The van der Waals surface area contributed by atoms with E-state index in [-0.39, 0.29) is 11.4 Å². The van der Waals surface area contributed by atoms with Crippen LogP contribution in [0.15, 0.2) is 66.9 Å². The van der Waals surface area contributed by atoms with Crippen molar-refractivity contribution in [2.24, 2.45) is 0 Å². The Labute approximate surface area is 188 Å². The molecule has 0 bridgehead atoms. The van der Waals surface area contributed by atoms with Crippen molar-refractivity contribution in [1.29, 1.82) is 0 Å². The lowest BCUT2D eigenvalue weighted by Crippen LogP contribution is -2.25. The molecule has 0 spiro atoms. The molecule has 7 heteroatoms. The van der Waals surface area contributed by atoms with Gasteiger partial charge in [-0.3, -0.25) is 4.90 Å². The number of halogens is 4. The Morgan fingerprint density at radius 1 is 1.03 bits per heavy atom. The molecule has 2 heterocycles. The number of nitrogens with zero attached hydrogens (tertiary/aromatic N) is 2. The number of ether oxygens (including phenoxy) is 1. The highest BCUT2D eigenvalue weighted by Gasteiger charge is 2.20. The van der Waals surface area contributed by atoms with Crippen molar-refractivity contribution in [3.05, 3.63) is 94.4 Å². The summed E-state index contributed by atoms with van der Waals surface area (Å²) in [5, 5.41) is 1.30. The third-order valence-electron chi connectivity index (χ3n) is 5.69. The molecule has 3 nitrogen and oxygen atoms in total. The van der Waals surface area contributed by atoms with Gasteiger partial charge in [-0.05, 0) is 48.0 Å². The minimum absolute atomic E-state index is 0.0234. The van der Waals surface area contributed by atoms with Gasteiger partial charge in [-0.1, -0.05) is 29.8 Å². The van der Waals surface area contributed by atoms with E-state index >= 15 is 0 Å². The van der Waals surface area contributed by atoms with Gasteiger partial charge in [0.2, 0.25) is 0 Å². The molecule has 0 amide bonds. The summed E-state index contributed by atoms with van der Waals surface area (Å²) in [4.78, 5) is 2.15. The Bertz CT molecular complexity index is 1290. The highest BCUT2D eigenvalue weighted by molar-refractivity contribution is 6.32. The Morgan fingerprint density at radius 3 is 2.75 bits per heavy atom. The van der Waals surface area contributed by atoms with E-state index in [1.807, 2.05) is 35.0 Å². The van der Waals surface area contributed by atoms with Crippen LogP contribution in [0.5, 0.6) is 5.75 Å². The van der Waals surface area contributed by atoms with Crippen LogP contribution in [-0.4, -0.2) is 22.6 Å². The number of fused-ring (bicyclic) bond motifs is 2. The van der Waals surface area contributed by atoms with Gasteiger partial charge in [0.25, 0.3) is 6.43 Å². The highest BCUT2D eigenvalue weighted by Crippen LogP contribution is 2.35. The molecule has 1 aromatic heterocycles. The predicted octanol–water partition coefficient (Wildman–Crippen LogP) is 6.76. The second kappa shape index (κ2) is 8.52. The van der Waals surface area contributed by atoms with Crippen LogP contribution in [-0.2, 0) is 13.1 Å². The molecule has 1 aliphatic heterocycles. The first kappa shape index (κ1) is 20.9. The molecule has 0 unspecified atom stereocenters. The summed E-state index contributed by atoms with van der Waals surface area (Å²) in [6, 6.07) is 16.9. The average molecular weight is 457 g/mol. The van der Waals surface area contributed by atoms with Crippen molar-refractivity contribution < 1.29 is 17.9 Å². The summed E-state index contributed by atoms with van der Waals surface area (Å²) in [6.45, 7) is 2.18. The zero-order valence-corrected chi connectivity index (χ0v) is 17.8. The van der Waals surface area contributed by atoms with Crippen molar-refractivity contribution in [3.63, 3.8) is 0 Å². The lowest BCUT2D eigenvalue weighted by Gasteiger charge is -2.20. The highest BCUT2D eigenvalue weighted by atomic mass is 35.5. The van der Waals surface area contributed by atoms with Crippen molar-refractivity contribution in [1.82, 2.24) is 9.47 Å². The van der Waals surface area contributed by atoms with Crippen LogP contribution in [0.3, 0.4) is 0 Å². The number of alkyl halides is 2. The number of aromatic nitrogens is 1. The zero-order valence-electron chi connectivity index (χ0n) is 17.1. The molecule has 0 atom stereocenters. The Kier molecular flexibility index (Phi) is 5.57. The molecule has 0 fully saturated rings. The van der Waals surface area contributed by atoms with Crippen LogP contribution in [0.4, 0.5) is 13.2 Å². The third kappa shape index (κ3) is 4.08. The van der Waals surface area contributed by atoms with Gasteiger partial charge in [0.1, 0.15) is 18.2 Å². The minimum Gasteiger partial charge on any atom is -0.490 e. The van der Waals surface area contributed by atoms with Gasteiger partial charge in [-0.2, -0.15) is 0 Å². The summed E-state index contributed by atoms with van der Waals surface area (Å²) in [5.41, 5.74) is 3.49. The topological polar surface area (TPSA) is 17.4 Å². The predicted molar refractivity (Wildman–Crippen MR) is 119 cm³/mol. The van der Waals surface area contributed by atoms with E-state index in [2.05, 4.69) is 4.90 Å². The SMILES string of the molecule is Fc1ccc2c(ccn2-c2cc(Cl)c3c(c2)CN(Cc2cccc(C(F)F)c2)CCO3)c1. The van der Waals surface area contributed by atoms with E-state index in [0.29, 0.717) is 37.0 Å². The van der Waals surface area contributed by atoms with Gasteiger partial charge in [-0.15, -0.1) is 0 Å². The van der Waals surface area contributed by atoms with Crippen molar-refractivity contribution in [3.8, 4) is 11.4 Å². The van der Waals surface area contributed by atoms with Crippen molar-refractivity contribution in [2.75, 3.05) is 13.2 Å². The molecular formula is C25H20ClF3N2O. The van der Waals surface area contributed by atoms with Crippen LogP contribution in [0.1, 0.15) is 23.1 Å². The fourth-order valence-electron chi connectivity index (χ4n) is 4.21. The van der Waals surface area contributed by atoms with Gasteiger partial charge in [0, 0.05) is 48.0 Å². The van der Waals surface area contributed by atoms with Gasteiger partial charge in [0.05, 0.1) is 10.5 Å². The van der Waals surface area contributed by atoms with Gasteiger partial charge in [0.15, 0.2) is 0 Å². The molecule has 0 saturated heterocycles. The first-order chi connectivity index (χ1) is 15.5. The Hall–Kier alpha value is -2.96. The Balaban J connectivity index is 1.47. The second-order valence-electron chi connectivity index (χ2n) is 7.91. The maximum atomic E-state index is 13.6. The van der Waals surface area contributed by atoms with Crippen molar-refractivity contribution in [2.45, 2.75) is 19.5 Å². The number of hydrogen-bond acceptors (Lipinski definition) is 2. The fraction of sp³-hybridized carbons (Fsp3) is 0.200. The molecule has 0 radical (unpaired) electrons. The van der Waals surface area contributed by atoms with Gasteiger partial charge >= 0.3 is 0 Å². The second-order valence-corrected chi connectivity index (χ2v) is 8.32. The maximum absolute atomic E-state index is 13.6. The largest absolute Gasteiger partial charge is 0.490 e. The maximum Gasteiger partial charge on any atom is 0.263 e. The smallest absolute Gasteiger partial charge is 0.263 e. The minimum atomic E-state index is -2.49. The molecule has 0 N–H and O–H groups in total. The van der Waals surface area contributed by atoms with Gasteiger partial charge in [-0.25, -0.2) is 13.2 Å². The standard InChI is InChI=1S/C25H20ClF3N2O/c26-22-13-21(31-7-6-17-11-20(27)4-5-23(17)31)12-19-15-30(8-9-32-24(19)22)14-16-2-1-3-18(10-16)25(28)29/h1-7,10-13,25H,8-9,14-15H2. The fourth-order valence-corrected chi connectivity index (χ4v) is 4.50. The summed E-state index contributed by atoms with van der Waals surface area (Å²) < 4.78 is 47.6. The molecule has 3 aromatic carbocycles. The van der Waals surface area contributed by atoms with E-state index in [0.717, 1.165) is 27.7 Å². The first-order valence-corrected chi connectivity index (χ1v) is 10.7. The van der Waals surface area contributed by atoms with E-state index in [1.54, 1.807) is 18.2 Å². The zero-order chi connectivity index (χ0) is 22.2. The molecule has 5 rings (SSSR count). The lowest BCUT2D eigenvalue weighted by atomic mass is 10.1. The first-order valence-electron chi connectivity index (χ1n) is 10.3. The van der Waals surface area contributed by atoms with E-state index in [1.165, 1.54) is 18.2 Å². The van der Waals surface area contributed by atoms with Crippen LogP contribution in [0.2, 0.25) is 5.02 Å². The molecule has 164 valence electrons. The molecule has 0 saturated carbocycles. The number of rotatable bonds is 4. The lowest BCUT2D eigenvalue weighted by molar-refractivity contribution is 0.151. The summed E-state index contributed by atoms with van der Waals surface area (Å²) >= 11 is 6.58. The van der Waals surface area contributed by atoms with Gasteiger partial charge < -0.3 is 9.30 Å². The summed E-state index contributed by atoms with van der Waals surface area (Å²) in [7, 11) is 0. The molecule has 32 heavy (non-hydrogen) atoms. The molecule has 4 aromatic rings. The Morgan fingerprint density at radius 2 is 1.91 bits per heavy atom. The molecular weight excluding hydrogens is 437 g/mol. The van der Waals surface area contributed by atoms with Crippen LogP contribution < -0.4 is 4.74 Å². The third-order valence-corrected chi connectivity index (χ3v) is 5.97. The van der Waals surface area contributed by atoms with Crippen LogP contribution in [0, 0.1) is 5.82 Å². The van der Waals surface area contributed by atoms with E-state index in [4.69, 9.17) is 16.3 Å². The average Bonchev–Trinajstić information content (AvgIpc) is 3.07. The van der Waals surface area contributed by atoms with E-state index < -0.39 is 6.43 Å². The van der Waals surface area contributed by atoms with Crippen molar-refractivity contribution >= 4 is 22.5 Å². The summed E-state index contributed by atoms with van der Waals surface area (Å²) in [6.07, 6.45) is -0.609. The van der Waals surface area contributed by atoms with Crippen LogP contribution >= 0.6 is 11.6 Å². The normalized spacial score (nSPS) is 14.4. The quantitative estimate of drug-likeness (QED) is 0.338. The number of hydrogen-bond donors (Lipinski definition) is 0. The molecule has 1 aliphatic rings.